The van der Waals surface area contributed by atoms with E-state index in [0.717, 1.165) is 17.5 Å². The molecule has 2 rings (SSSR count). The highest BCUT2D eigenvalue weighted by molar-refractivity contribution is 9.10. The number of nitrogens with one attached hydrogen (secondary N) is 1. The molecule has 122 valence electrons. The third-order valence-corrected chi connectivity index (χ3v) is 3.10. The molecule has 0 aliphatic rings. The van der Waals surface area contributed by atoms with E-state index in [0.29, 0.717) is 11.5 Å². The first-order valence-corrected chi connectivity index (χ1v) is 7.36. The Morgan fingerprint density at radius 3 is 2.91 bits per heavy atom. The largest absolute Gasteiger partial charge is 0.487 e. The molecule has 1 amide bonds. The Bertz CT molecular complexity index is 766. The number of anilines is 1. The fourth-order valence-electron chi connectivity index (χ4n) is 1.69. The van der Waals surface area contributed by atoms with Crippen molar-refractivity contribution in [2.24, 2.45) is 0 Å². The first-order valence-electron chi connectivity index (χ1n) is 6.57. The maximum Gasteiger partial charge on any atom is 0.278 e. The molecule has 0 atom stereocenters. The molecule has 1 N–H and O–H groups in total. The third-order valence-electron chi connectivity index (χ3n) is 2.63. The minimum atomic E-state index is -2.99. The Balaban J connectivity index is 2.06. The van der Waals surface area contributed by atoms with Crippen molar-refractivity contribution >= 4 is 33.3 Å². The van der Waals surface area contributed by atoms with Gasteiger partial charge in [0.2, 0.25) is 0 Å². The molecule has 23 heavy (non-hydrogen) atoms. The predicted octanol–water partition coefficient (Wildman–Crippen LogP) is 3.78. The normalized spacial score (nSPS) is 12.3. The van der Waals surface area contributed by atoms with Crippen molar-refractivity contribution in [2.75, 3.05) is 11.9 Å². The van der Waals surface area contributed by atoms with Crippen LogP contribution in [0.15, 0.2) is 53.5 Å². The zero-order valence-electron chi connectivity index (χ0n) is 12.2. The maximum atomic E-state index is 12.8. The summed E-state index contributed by atoms with van der Waals surface area (Å²) in [7, 11) is 0. The van der Waals surface area contributed by atoms with Gasteiger partial charge in [0.05, 0.1) is 6.20 Å². The summed E-state index contributed by atoms with van der Waals surface area (Å²) in [5, 5.41) is 2.53. The van der Waals surface area contributed by atoms with E-state index in [1.807, 2.05) is 6.07 Å². The van der Waals surface area contributed by atoms with Crippen molar-refractivity contribution in [2.45, 2.75) is 12.8 Å². The lowest BCUT2D eigenvalue weighted by Gasteiger charge is -2.12. The second-order valence-electron chi connectivity index (χ2n) is 4.84. The van der Waals surface area contributed by atoms with Crippen LogP contribution >= 0.6 is 15.9 Å². The number of nitrogens with zero attached hydrogens (tertiary/aromatic N) is 2. The number of hydrogen-bond acceptors (Lipinski definition) is 3. The quantitative estimate of drug-likeness (QED) is 0.467. The van der Waals surface area contributed by atoms with Crippen LogP contribution in [0.2, 0.25) is 0 Å². The Morgan fingerprint density at radius 1 is 1.52 bits per heavy atom. The standard InChI is InChI=1S/C15H14BrF2N3O2/c1-3-11(23-9-15(2,17)18)6-14(22)20-12-8-21-7-10(16)4-5-13(21)19-12/h3-8H,1,9H2,2H3,(H,20,22)/b11-6+. The molecule has 0 aliphatic heterocycles. The Morgan fingerprint density at radius 2 is 2.26 bits per heavy atom. The number of carbonyl (C=O) groups excluding carboxylic acids is 1. The number of aromatic nitrogens is 2. The molecule has 0 radical (unpaired) electrons. The Hall–Kier alpha value is -2.22. The lowest BCUT2D eigenvalue weighted by Crippen LogP contribution is -2.19. The monoisotopic (exact) mass is 385 g/mol. The molecular formula is C15H14BrF2N3O2. The van der Waals surface area contributed by atoms with Crippen LogP contribution in [0.5, 0.6) is 0 Å². The molecule has 0 aromatic carbocycles. The first kappa shape index (κ1) is 17.1. The van der Waals surface area contributed by atoms with Crippen LogP contribution in [-0.2, 0) is 9.53 Å². The summed E-state index contributed by atoms with van der Waals surface area (Å²) in [6.07, 6.45) is 5.64. The van der Waals surface area contributed by atoms with Crippen LogP contribution in [0.1, 0.15) is 6.92 Å². The van der Waals surface area contributed by atoms with Crippen LogP contribution in [-0.4, -0.2) is 27.8 Å². The zero-order valence-corrected chi connectivity index (χ0v) is 13.8. The smallest absolute Gasteiger partial charge is 0.278 e. The van der Waals surface area contributed by atoms with Gasteiger partial charge in [0, 0.05) is 23.7 Å². The van der Waals surface area contributed by atoms with Gasteiger partial charge < -0.3 is 14.5 Å². The summed E-state index contributed by atoms with van der Waals surface area (Å²) in [6, 6.07) is 3.60. The number of imidazole rings is 1. The van der Waals surface area contributed by atoms with Gasteiger partial charge in [0.25, 0.3) is 11.8 Å². The van der Waals surface area contributed by atoms with Crippen LogP contribution in [0.3, 0.4) is 0 Å². The number of rotatable bonds is 6. The van der Waals surface area contributed by atoms with Gasteiger partial charge >= 0.3 is 0 Å². The maximum absolute atomic E-state index is 12.8. The third kappa shape index (κ3) is 5.17. The van der Waals surface area contributed by atoms with E-state index in [4.69, 9.17) is 4.74 Å². The SMILES string of the molecule is C=C/C(=C\C(=O)Nc1cn2cc(Br)ccc2n1)OCC(C)(F)F. The van der Waals surface area contributed by atoms with Crippen molar-refractivity contribution in [1.82, 2.24) is 9.38 Å². The summed E-state index contributed by atoms with van der Waals surface area (Å²) in [6.45, 7) is 3.32. The summed E-state index contributed by atoms with van der Waals surface area (Å²) in [5.74, 6) is -3.26. The van der Waals surface area contributed by atoms with Gasteiger partial charge in [-0.2, -0.15) is 0 Å². The number of hydrogen-bond donors (Lipinski definition) is 1. The first-order chi connectivity index (χ1) is 10.8. The molecule has 0 aliphatic carbocycles. The lowest BCUT2D eigenvalue weighted by molar-refractivity contribution is -0.112. The minimum absolute atomic E-state index is 0.0458. The van der Waals surface area contributed by atoms with Gasteiger partial charge in [-0.1, -0.05) is 6.58 Å². The molecule has 0 fully saturated rings. The van der Waals surface area contributed by atoms with E-state index < -0.39 is 18.4 Å². The molecule has 0 spiro atoms. The molecular weight excluding hydrogens is 372 g/mol. The van der Waals surface area contributed by atoms with Crippen molar-refractivity contribution in [1.29, 1.82) is 0 Å². The summed E-state index contributed by atoms with van der Waals surface area (Å²) in [5.41, 5.74) is 0.651. The van der Waals surface area contributed by atoms with Gasteiger partial charge in [-0.05, 0) is 34.1 Å². The molecule has 8 heteroatoms. The van der Waals surface area contributed by atoms with Crippen molar-refractivity contribution in [3.63, 3.8) is 0 Å². The fourth-order valence-corrected chi connectivity index (χ4v) is 2.04. The van der Waals surface area contributed by atoms with E-state index in [1.165, 1.54) is 6.08 Å². The van der Waals surface area contributed by atoms with E-state index >= 15 is 0 Å². The second kappa shape index (κ2) is 6.91. The molecule has 0 bridgehead atoms. The molecule has 2 aromatic rings. The molecule has 0 unspecified atom stereocenters. The number of fused-ring (bicyclic) bond motifs is 1. The molecule has 5 nitrogen and oxygen atoms in total. The summed E-state index contributed by atoms with van der Waals surface area (Å²) < 4.78 is 32.9. The Labute approximate surface area is 139 Å². The fraction of sp³-hybridized carbons (Fsp3) is 0.200. The van der Waals surface area contributed by atoms with E-state index in [2.05, 4.69) is 32.8 Å². The molecule has 2 heterocycles. The van der Waals surface area contributed by atoms with Crippen LogP contribution in [0.4, 0.5) is 14.6 Å². The summed E-state index contributed by atoms with van der Waals surface area (Å²) in [4.78, 5) is 16.1. The number of pyridine rings is 1. The van der Waals surface area contributed by atoms with Gasteiger partial charge in [-0.15, -0.1) is 0 Å². The Kier molecular flexibility index (Phi) is 5.15. The average molecular weight is 386 g/mol. The lowest BCUT2D eigenvalue weighted by atomic mass is 10.4. The number of carbonyl (C=O) groups is 1. The van der Waals surface area contributed by atoms with Gasteiger partial charge in [-0.25, -0.2) is 13.8 Å². The summed E-state index contributed by atoms with van der Waals surface area (Å²) >= 11 is 3.33. The van der Waals surface area contributed by atoms with Gasteiger partial charge in [0.15, 0.2) is 12.4 Å². The van der Waals surface area contributed by atoms with E-state index in [1.54, 1.807) is 22.9 Å². The van der Waals surface area contributed by atoms with Crippen molar-refractivity contribution < 1.29 is 18.3 Å². The number of alkyl halides is 2. The van der Waals surface area contributed by atoms with Crippen LogP contribution in [0.25, 0.3) is 5.65 Å². The zero-order chi connectivity index (χ0) is 17.0. The number of amides is 1. The second-order valence-corrected chi connectivity index (χ2v) is 5.75. The number of allylic oxidation sites excluding steroid dienone is 1. The van der Waals surface area contributed by atoms with Crippen LogP contribution in [0, 0.1) is 0 Å². The highest BCUT2D eigenvalue weighted by Gasteiger charge is 2.22. The average Bonchev–Trinajstić information content (AvgIpc) is 2.83. The number of ether oxygens (including phenoxy) is 1. The van der Waals surface area contributed by atoms with E-state index in [-0.39, 0.29) is 5.76 Å². The predicted molar refractivity (Wildman–Crippen MR) is 86.4 cm³/mol. The molecule has 0 saturated carbocycles. The number of halogens is 3. The minimum Gasteiger partial charge on any atom is -0.487 e. The highest BCUT2D eigenvalue weighted by Crippen LogP contribution is 2.16. The van der Waals surface area contributed by atoms with Crippen molar-refractivity contribution in [3.8, 4) is 0 Å². The van der Waals surface area contributed by atoms with E-state index in [9.17, 15) is 13.6 Å². The van der Waals surface area contributed by atoms with Gasteiger partial charge in [-0.3, -0.25) is 4.79 Å². The molecule has 2 aromatic heterocycles. The van der Waals surface area contributed by atoms with Crippen LogP contribution < -0.4 is 5.32 Å². The molecule has 0 saturated heterocycles. The topological polar surface area (TPSA) is 55.6 Å². The van der Waals surface area contributed by atoms with Gasteiger partial charge in [0.1, 0.15) is 11.4 Å². The highest BCUT2D eigenvalue weighted by atomic mass is 79.9. The van der Waals surface area contributed by atoms with Crippen molar-refractivity contribution in [3.05, 3.63) is 53.5 Å².